The molecule has 5 rings (SSSR count). The molecular formula is C31H36N4. The third kappa shape index (κ3) is 5.49. The standard InChI is InChI=1S/C31H36N4/c1-24-11-14-27(15-12-24)31-23-28(32-35(31)29-9-5-4-6-10-29)8-7-17-33-18-20-34(21-19-33)30-16-13-25(2)22-26(30)3/h4-6,9-16,22-23H,7-8,17-21H2,1-3H3. The monoisotopic (exact) mass is 464 g/mol. The average Bonchev–Trinajstić information content (AvgIpc) is 3.30. The summed E-state index contributed by atoms with van der Waals surface area (Å²) in [6.45, 7) is 12.1. The van der Waals surface area contributed by atoms with Crippen molar-refractivity contribution in [2.45, 2.75) is 33.6 Å². The van der Waals surface area contributed by atoms with E-state index in [2.05, 4.69) is 114 Å². The van der Waals surface area contributed by atoms with Crippen LogP contribution in [0.15, 0.2) is 78.9 Å². The zero-order valence-electron chi connectivity index (χ0n) is 21.2. The maximum atomic E-state index is 5.02. The van der Waals surface area contributed by atoms with Crippen LogP contribution in [0, 0.1) is 20.8 Å². The Morgan fingerprint density at radius 2 is 1.46 bits per heavy atom. The first kappa shape index (κ1) is 23.4. The van der Waals surface area contributed by atoms with Gasteiger partial charge in [0, 0.05) is 37.4 Å². The summed E-state index contributed by atoms with van der Waals surface area (Å²) < 4.78 is 2.10. The third-order valence-corrected chi connectivity index (χ3v) is 7.08. The zero-order chi connectivity index (χ0) is 24.2. The molecular weight excluding hydrogens is 428 g/mol. The summed E-state index contributed by atoms with van der Waals surface area (Å²) in [6.07, 6.45) is 2.12. The van der Waals surface area contributed by atoms with Crippen LogP contribution in [0.4, 0.5) is 5.69 Å². The topological polar surface area (TPSA) is 24.3 Å². The summed E-state index contributed by atoms with van der Waals surface area (Å²) in [7, 11) is 0. The SMILES string of the molecule is Cc1ccc(-c2cc(CCCN3CCN(c4ccc(C)cc4C)CC3)nn2-c2ccccc2)cc1. The van der Waals surface area contributed by atoms with Crippen LogP contribution in [0.1, 0.15) is 28.8 Å². The lowest BCUT2D eigenvalue weighted by Gasteiger charge is -2.36. The molecule has 4 nitrogen and oxygen atoms in total. The minimum atomic E-state index is 0.996. The van der Waals surface area contributed by atoms with Gasteiger partial charge < -0.3 is 4.90 Å². The molecule has 1 fully saturated rings. The van der Waals surface area contributed by atoms with E-state index in [1.54, 1.807) is 0 Å². The molecule has 1 aromatic heterocycles. The summed E-state index contributed by atoms with van der Waals surface area (Å²) in [6, 6.07) is 28.3. The minimum absolute atomic E-state index is 0.996. The second-order valence-corrected chi connectivity index (χ2v) is 9.86. The molecule has 0 atom stereocenters. The van der Waals surface area contributed by atoms with E-state index in [1.807, 2.05) is 0 Å². The van der Waals surface area contributed by atoms with Crippen LogP contribution in [-0.2, 0) is 6.42 Å². The molecule has 0 aliphatic carbocycles. The molecule has 4 aromatic rings. The van der Waals surface area contributed by atoms with E-state index in [0.29, 0.717) is 0 Å². The highest BCUT2D eigenvalue weighted by Gasteiger charge is 2.18. The van der Waals surface area contributed by atoms with Crippen molar-refractivity contribution in [3.63, 3.8) is 0 Å². The number of aryl methyl sites for hydroxylation is 4. The molecule has 0 N–H and O–H groups in total. The van der Waals surface area contributed by atoms with Crippen LogP contribution in [0.2, 0.25) is 0 Å². The summed E-state index contributed by atoms with van der Waals surface area (Å²) in [4.78, 5) is 5.15. The minimum Gasteiger partial charge on any atom is -0.369 e. The Balaban J connectivity index is 1.21. The molecule has 4 heteroatoms. The van der Waals surface area contributed by atoms with Crippen LogP contribution >= 0.6 is 0 Å². The van der Waals surface area contributed by atoms with E-state index in [4.69, 9.17) is 5.10 Å². The van der Waals surface area contributed by atoms with Crippen LogP contribution in [0.5, 0.6) is 0 Å². The van der Waals surface area contributed by atoms with Crippen LogP contribution in [0.25, 0.3) is 16.9 Å². The normalized spacial score (nSPS) is 14.4. The highest BCUT2D eigenvalue weighted by molar-refractivity contribution is 5.63. The Bertz CT molecular complexity index is 1250. The van der Waals surface area contributed by atoms with Gasteiger partial charge in [-0.15, -0.1) is 0 Å². The average molecular weight is 465 g/mol. The molecule has 0 spiro atoms. The third-order valence-electron chi connectivity index (χ3n) is 7.08. The first-order valence-electron chi connectivity index (χ1n) is 12.8. The number of hydrogen-bond donors (Lipinski definition) is 0. The van der Waals surface area contributed by atoms with Gasteiger partial charge in [-0.25, -0.2) is 4.68 Å². The van der Waals surface area contributed by atoms with E-state index in [1.165, 1.54) is 33.6 Å². The molecule has 0 unspecified atom stereocenters. The quantitative estimate of drug-likeness (QED) is 0.324. The maximum absolute atomic E-state index is 5.02. The largest absolute Gasteiger partial charge is 0.369 e. The van der Waals surface area contributed by atoms with Crippen LogP contribution < -0.4 is 4.90 Å². The van der Waals surface area contributed by atoms with E-state index >= 15 is 0 Å². The lowest BCUT2D eigenvalue weighted by Crippen LogP contribution is -2.46. The molecule has 0 saturated carbocycles. The lowest BCUT2D eigenvalue weighted by molar-refractivity contribution is 0.254. The summed E-state index contributed by atoms with van der Waals surface area (Å²) in [5, 5.41) is 5.02. The molecule has 0 amide bonds. The molecule has 0 bridgehead atoms. The zero-order valence-corrected chi connectivity index (χ0v) is 21.2. The van der Waals surface area contributed by atoms with Gasteiger partial charge in [-0.1, -0.05) is 65.7 Å². The van der Waals surface area contributed by atoms with Crippen LogP contribution in [-0.4, -0.2) is 47.4 Å². The van der Waals surface area contributed by atoms with Gasteiger partial charge in [-0.2, -0.15) is 5.10 Å². The second kappa shape index (κ2) is 10.5. The maximum Gasteiger partial charge on any atom is 0.0743 e. The van der Waals surface area contributed by atoms with Crippen molar-refractivity contribution < 1.29 is 0 Å². The molecule has 1 aliphatic heterocycles. The molecule has 2 heterocycles. The van der Waals surface area contributed by atoms with Crippen molar-refractivity contribution in [2.75, 3.05) is 37.6 Å². The highest BCUT2D eigenvalue weighted by Crippen LogP contribution is 2.26. The molecule has 3 aromatic carbocycles. The van der Waals surface area contributed by atoms with Crippen molar-refractivity contribution in [3.05, 3.63) is 101 Å². The van der Waals surface area contributed by atoms with Gasteiger partial charge in [0.05, 0.1) is 17.1 Å². The van der Waals surface area contributed by atoms with Gasteiger partial charge in [0.25, 0.3) is 0 Å². The summed E-state index contributed by atoms with van der Waals surface area (Å²) >= 11 is 0. The van der Waals surface area contributed by atoms with E-state index in [-0.39, 0.29) is 0 Å². The van der Waals surface area contributed by atoms with E-state index in [9.17, 15) is 0 Å². The van der Waals surface area contributed by atoms with Gasteiger partial charge in [0.15, 0.2) is 0 Å². The van der Waals surface area contributed by atoms with Gasteiger partial charge in [-0.05, 0) is 70.0 Å². The molecule has 1 saturated heterocycles. The number of piperazine rings is 1. The summed E-state index contributed by atoms with van der Waals surface area (Å²) in [5.74, 6) is 0. The van der Waals surface area contributed by atoms with Crippen LogP contribution in [0.3, 0.4) is 0 Å². The van der Waals surface area contributed by atoms with Crippen molar-refractivity contribution in [1.29, 1.82) is 0 Å². The second-order valence-electron chi connectivity index (χ2n) is 9.86. The fraction of sp³-hybridized carbons (Fsp3) is 0.323. The Hall–Kier alpha value is -3.37. The predicted octanol–water partition coefficient (Wildman–Crippen LogP) is 6.22. The number of hydrogen-bond acceptors (Lipinski definition) is 3. The molecule has 180 valence electrons. The Labute approximate surface area is 209 Å². The molecule has 0 radical (unpaired) electrons. The number of rotatable bonds is 7. The van der Waals surface area contributed by atoms with Gasteiger partial charge >= 0.3 is 0 Å². The Kier molecular flexibility index (Phi) is 7.01. The predicted molar refractivity (Wildman–Crippen MR) is 147 cm³/mol. The lowest BCUT2D eigenvalue weighted by atomic mass is 10.1. The smallest absolute Gasteiger partial charge is 0.0743 e. The van der Waals surface area contributed by atoms with Gasteiger partial charge in [0.2, 0.25) is 0 Å². The number of para-hydroxylation sites is 1. The number of nitrogens with zero attached hydrogens (tertiary/aromatic N) is 4. The van der Waals surface area contributed by atoms with Gasteiger partial charge in [0.1, 0.15) is 0 Å². The first-order chi connectivity index (χ1) is 17.1. The van der Waals surface area contributed by atoms with Crippen molar-refractivity contribution in [2.24, 2.45) is 0 Å². The number of aromatic nitrogens is 2. The Morgan fingerprint density at radius 1 is 0.743 bits per heavy atom. The highest BCUT2D eigenvalue weighted by atomic mass is 15.3. The van der Waals surface area contributed by atoms with E-state index in [0.717, 1.165) is 56.9 Å². The number of benzene rings is 3. The first-order valence-corrected chi connectivity index (χ1v) is 12.8. The fourth-order valence-corrected chi connectivity index (χ4v) is 5.10. The molecule has 35 heavy (non-hydrogen) atoms. The van der Waals surface area contributed by atoms with E-state index < -0.39 is 0 Å². The fourth-order valence-electron chi connectivity index (χ4n) is 5.10. The van der Waals surface area contributed by atoms with Gasteiger partial charge in [-0.3, -0.25) is 4.90 Å². The molecule has 1 aliphatic rings. The van der Waals surface area contributed by atoms with Crippen molar-refractivity contribution in [3.8, 4) is 16.9 Å². The Morgan fingerprint density at radius 3 is 2.17 bits per heavy atom. The number of anilines is 1. The van der Waals surface area contributed by atoms with Crippen molar-refractivity contribution >= 4 is 5.69 Å². The summed E-state index contributed by atoms with van der Waals surface area (Å²) in [5.41, 5.74) is 10.0. The van der Waals surface area contributed by atoms with Crippen molar-refractivity contribution in [1.82, 2.24) is 14.7 Å².